The molecule has 0 radical (unpaired) electrons. The lowest BCUT2D eigenvalue weighted by Crippen LogP contribution is -1.85. The van der Waals surface area contributed by atoms with Crippen LogP contribution in [0.25, 0.3) is 22.5 Å². The van der Waals surface area contributed by atoms with E-state index in [0.717, 1.165) is 16.8 Å². The Kier molecular flexibility index (Phi) is 4.33. The van der Waals surface area contributed by atoms with Crippen molar-refractivity contribution in [3.8, 4) is 17.1 Å². The topological polar surface area (TPSA) is 74.2 Å². The van der Waals surface area contributed by atoms with Crippen LogP contribution in [0.5, 0.6) is 5.75 Å². The standard InChI is InChI=1S/C17H12ClN3O3S/c1-22-12-5-2-10(3-6-12)16-20-15(24-21-16)9-25-17-19-13-7-4-11(18)8-14(13)23-17/h2-8H,9H2,1H3. The van der Waals surface area contributed by atoms with Crippen molar-refractivity contribution in [2.75, 3.05) is 7.11 Å². The molecule has 4 aromatic rings. The first-order chi connectivity index (χ1) is 12.2. The van der Waals surface area contributed by atoms with Crippen molar-refractivity contribution in [1.82, 2.24) is 15.1 Å². The van der Waals surface area contributed by atoms with Crippen LogP contribution in [0.1, 0.15) is 5.89 Å². The van der Waals surface area contributed by atoms with E-state index in [9.17, 15) is 0 Å². The number of halogens is 1. The van der Waals surface area contributed by atoms with Crippen LogP contribution in [0.4, 0.5) is 0 Å². The number of nitrogens with zero attached hydrogens (tertiary/aromatic N) is 3. The Morgan fingerprint density at radius 2 is 1.96 bits per heavy atom. The highest BCUT2D eigenvalue weighted by Gasteiger charge is 2.12. The second-order valence-corrected chi connectivity index (χ2v) is 6.48. The Bertz CT molecular complexity index is 1010. The molecule has 2 aromatic carbocycles. The fourth-order valence-corrected chi connectivity index (χ4v) is 3.07. The molecule has 0 saturated carbocycles. The summed E-state index contributed by atoms with van der Waals surface area (Å²) in [6.45, 7) is 0. The first kappa shape index (κ1) is 16.0. The van der Waals surface area contributed by atoms with E-state index in [0.29, 0.717) is 33.3 Å². The molecular formula is C17H12ClN3O3S. The minimum Gasteiger partial charge on any atom is -0.497 e. The van der Waals surface area contributed by atoms with Crippen LogP contribution in [0.15, 0.2) is 56.6 Å². The fourth-order valence-electron chi connectivity index (χ4n) is 2.23. The van der Waals surface area contributed by atoms with Crippen LogP contribution in [-0.4, -0.2) is 22.2 Å². The average molecular weight is 374 g/mol. The van der Waals surface area contributed by atoms with Gasteiger partial charge < -0.3 is 13.7 Å². The molecule has 0 atom stereocenters. The third kappa shape index (κ3) is 3.47. The molecule has 2 heterocycles. The van der Waals surface area contributed by atoms with Crippen LogP contribution >= 0.6 is 23.4 Å². The first-order valence-electron chi connectivity index (χ1n) is 7.37. The highest BCUT2D eigenvalue weighted by atomic mass is 35.5. The molecule has 6 nitrogen and oxygen atoms in total. The van der Waals surface area contributed by atoms with E-state index in [1.807, 2.05) is 30.3 Å². The maximum absolute atomic E-state index is 5.95. The molecule has 4 rings (SSSR count). The van der Waals surface area contributed by atoms with Gasteiger partial charge in [-0.1, -0.05) is 28.5 Å². The molecule has 0 aliphatic rings. The molecule has 0 aliphatic heterocycles. The molecule has 25 heavy (non-hydrogen) atoms. The third-order valence-corrected chi connectivity index (χ3v) is 4.51. The second-order valence-electron chi connectivity index (χ2n) is 5.12. The van der Waals surface area contributed by atoms with Gasteiger partial charge in [0, 0.05) is 16.7 Å². The third-order valence-electron chi connectivity index (χ3n) is 3.47. The number of methoxy groups -OCH3 is 1. The molecule has 0 saturated heterocycles. The number of aromatic nitrogens is 3. The number of hydrogen-bond donors (Lipinski definition) is 0. The van der Waals surface area contributed by atoms with Crippen molar-refractivity contribution in [3.05, 3.63) is 53.4 Å². The maximum Gasteiger partial charge on any atom is 0.257 e. The predicted octanol–water partition coefficient (Wildman–Crippen LogP) is 4.83. The number of oxazole rings is 1. The van der Waals surface area contributed by atoms with Crippen LogP contribution in [-0.2, 0) is 5.75 Å². The highest BCUT2D eigenvalue weighted by Crippen LogP contribution is 2.28. The highest BCUT2D eigenvalue weighted by molar-refractivity contribution is 7.98. The monoisotopic (exact) mass is 373 g/mol. The predicted molar refractivity (Wildman–Crippen MR) is 94.9 cm³/mol. The van der Waals surface area contributed by atoms with Crippen molar-refractivity contribution >= 4 is 34.5 Å². The zero-order chi connectivity index (χ0) is 17.2. The van der Waals surface area contributed by atoms with Gasteiger partial charge in [-0.2, -0.15) is 4.98 Å². The summed E-state index contributed by atoms with van der Waals surface area (Å²) in [7, 11) is 1.62. The molecule has 2 aromatic heterocycles. The Balaban J connectivity index is 1.46. The Morgan fingerprint density at radius 1 is 1.12 bits per heavy atom. The zero-order valence-corrected chi connectivity index (χ0v) is 14.7. The zero-order valence-electron chi connectivity index (χ0n) is 13.1. The van der Waals surface area contributed by atoms with Gasteiger partial charge in [-0.05, 0) is 36.4 Å². The number of benzene rings is 2. The van der Waals surface area contributed by atoms with Gasteiger partial charge in [0.05, 0.1) is 12.9 Å². The summed E-state index contributed by atoms with van der Waals surface area (Å²) >= 11 is 7.33. The minimum absolute atomic E-state index is 0.462. The van der Waals surface area contributed by atoms with Crippen LogP contribution in [0.2, 0.25) is 5.02 Å². The summed E-state index contributed by atoms with van der Waals surface area (Å²) in [6.07, 6.45) is 0. The van der Waals surface area contributed by atoms with Gasteiger partial charge in [-0.25, -0.2) is 4.98 Å². The normalized spacial score (nSPS) is 11.1. The molecule has 0 fully saturated rings. The Morgan fingerprint density at radius 3 is 2.76 bits per heavy atom. The number of fused-ring (bicyclic) bond motifs is 1. The summed E-state index contributed by atoms with van der Waals surface area (Å²) in [4.78, 5) is 8.78. The number of thioether (sulfide) groups is 1. The van der Waals surface area contributed by atoms with Gasteiger partial charge in [-0.3, -0.25) is 0 Å². The quantitative estimate of drug-likeness (QED) is 0.463. The average Bonchev–Trinajstić information content (AvgIpc) is 3.26. The van der Waals surface area contributed by atoms with E-state index in [4.69, 9.17) is 25.3 Å². The Labute approximate surface area is 152 Å². The smallest absolute Gasteiger partial charge is 0.257 e. The van der Waals surface area contributed by atoms with Crippen LogP contribution in [0, 0.1) is 0 Å². The maximum atomic E-state index is 5.95. The summed E-state index contributed by atoms with van der Waals surface area (Å²) in [5.74, 6) is 2.27. The summed E-state index contributed by atoms with van der Waals surface area (Å²) < 4.78 is 16.1. The first-order valence-corrected chi connectivity index (χ1v) is 8.73. The molecule has 0 unspecified atom stereocenters. The van der Waals surface area contributed by atoms with Gasteiger partial charge >= 0.3 is 0 Å². The number of hydrogen-bond acceptors (Lipinski definition) is 7. The summed E-state index contributed by atoms with van der Waals surface area (Å²) in [5.41, 5.74) is 2.27. The lowest BCUT2D eigenvalue weighted by atomic mass is 10.2. The Hall–Kier alpha value is -2.51. The lowest BCUT2D eigenvalue weighted by molar-refractivity contribution is 0.391. The molecule has 0 aliphatic carbocycles. The SMILES string of the molecule is COc1ccc(-c2noc(CSc3nc4ccc(Cl)cc4o3)n2)cc1. The number of rotatable bonds is 5. The molecular weight excluding hydrogens is 362 g/mol. The molecule has 0 spiro atoms. The van der Waals surface area contributed by atoms with Crippen LogP contribution in [0.3, 0.4) is 0 Å². The molecule has 0 amide bonds. The van der Waals surface area contributed by atoms with Crippen LogP contribution < -0.4 is 4.74 Å². The van der Waals surface area contributed by atoms with E-state index in [1.165, 1.54) is 11.8 Å². The largest absolute Gasteiger partial charge is 0.497 e. The van der Waals surface area contributed by atoms with Crippen molar-refractivity contribution in [2.24, 2.45) is 0 Å². The molecule has 0 bridgehead atoms. The molecule has 0 N–H and O–H groups in total. The van der Waals surface area contributed by atoms with Gasteiger partial charge in [0.15, 0.2) is 5.58 Å². The van der Waals surface area contributed by atoms with Gasteiger partial charge in [0.25, 0.3) is 5.22 Å². The van der Waals surface area contributed by atoms with E-state index in [1.54, 1.807) is 19.2 Å². The van der Waals surface area contributed by atoms with E-state index >= 15 is 0 Å². The van der Waals surface area contributed by atoms with E-state index in [-0.39, 0.29) is 0 Å². The number of ether oxygens (including phenoxy) is 1. The van der Waals surface area contributed by atoms with Gasteiger partial charge in [0.1, 0.15) is 11.3 Å². The minimum atomic E-state index is 0.462. The van der Waals surface area contributed by atoms with Gasteiger partial charge in [0.2, 0.25) is 11.7 Å². The van der Waals surface area contributed by atoms with Crippen molar-refractivity contribution in [3.63, 3.8) is 0 Å². The van der Waals surface area contributed by atoms with Crippen molar-refractivity contribution in [1.29, 1.82) is 0 Å². The molecule has 126 valence electrons. The summed E-state index contributed by atoms with van der Waals surface area (Å²) in [6, 6.07) is 12.8. The molecule has 8 heteroatoms. The lowest BCUT2D eigenvalue weighted by Gasteiger charge is -1.98. The van der Waals surface area contributed by atoms with E-state index < -0.39 is 0 Å². The summed E-state index contributed by atoms with van der Waals surface area (Å²) in [5, 5.41) is 5.14. The van der Waals surface area contributed by atoms with Crippen molar-refractivity contribution < 1.29 is 13.7 Å². The van der Waals surface area contributed by atoms with Crippen molar-refractivity contribution in [2.45, 2.75) is 11.0 Å². The second kappa shape index (κ2) is 6.78. The van der Waals surface area contributed by atoms with Gasteiger partial charge in [-0.15, -0.1) is 0 Å². The van der Waals surface area contributed by atoms with E-state index in [2.05, 4.69) is 15.1 Å². The fraction of sp³-hybridized carbons (Fsp3) is 0.118.